The van der Waals surface area contributed by atoms with Gasteiger partial charge in [0.25, 0.3) is 0 Å². The monoisotopic (exact) mass is 298 g/mol. The van der Waals surface area contributed by atoms with Gasteiger partial charge >= 0.3 is 0 Å². The van der Waals surface area contributed by atoms with E-state index < -0.39 is 0 Å². The van der Waals surface area contributed by atoms with E-state index in [0.717, 1.165) is 21.3 Å². The van der Waals surface area contributed by atoms with Crippen molar-refractivity contribution in [1.29, 1.82) is 0 Å². The summed E-state index contributed by atoms with van der Waals surface area (Å²) in [4.78, 5) is 8.57. The van der Waals surface area contributed by atoms with Gasteiger partial charge in [-0.15, -0.1) is 11.3 Å². The van der Waals surface area contributed by atoms with Crippen molar-refractivity contribution < 1.29 is 4.74 Å². The Morgan fingerprint density at radius 1 is 1.33 bits per heavy atom. The van der Waals surface area contributed by atoms with Crippen molar-refractivity contribution in [1.82, 2.24) is 9.97 Å². The van der Waals surface area contributed by atoms with E-state index in [1.54, 1.807) is 11.3 Å². The molecular formula is C12H14N2OS3. The van der Waals surface area contributed by atoms with Gasteiger partial charge in [0, 0.05) is 16.7 Å². The number of hydrogen-bond donors (Lipinski definition) is 2. The smallest absolute Gasteiger partial charge is 0.176 e. The summed E-state index contributed by atoms with van der Waals surface area (Å²) in [7, 11) is 0. The standard InChI is InChI=1S/C12H14N2OS3/c1-5(2)7-3-6-8(4-15-7)18-11-9(6)10(16)13-12(17)14-11/h5,7H,3-4H2,1-2H3,(H2,13,14,16,17)/t7-/m0/s1. The molecule has 0 saturated carbocycles. The van der Waals surface area contributed by atoms with E-state index in [0.29, 0.717) is 17.3 Å². The highest BCUT2D eigenvalue weighted by molar-refractivity contribution is 7.72. The van der Waals surface area contributed by atoms with Gasteiger partial charge in [0.2, 0.25) is 0 Å². The van der Waals surface area contributed by atoms with Crippen LogP contribution in [-0.2, 0) is 17.8 Å². The van der Waals surface area contributed by atoms with Crippen molar-refractivity contribution >= 4 is 46.0 Å². The number of aromatic amines is 2. The van der Waals surface area contributed by atoms with Crippen molar-refractivity contribution in [3.63, 3.8) is 0 Å². The first-order valence-corrected chi connectivity index (χ1v) is 7.58. The molecule has 0 amide bonds. The quantitative estimate of drug-likeness (QED) is 0.778. The van der Waals surface area contributed by atoms with E-state index in [-0.39, 0.29) is 6.10 Å². The summed E-state index contributed by atoms with van der Waals surface area (Å²) in [5.74, 6) is 0.521. The summed E-state index contributed by atoms with van der Waals surface area (Å²) >= 11 is 12.2. The van der Waals surface area contributed by atoms with Crippen LogP contribution in [0.2, 0.25) is 0 Å². The minimum absolute atomic E-state index is 0.285. The van der Waals surface area contributed by atoms with Gasteiger partial charge in [-0.05, 0) is 23.7 Å². The van der Waals surface area contributed by atoms with Crippen LogP contribution in [-0.4, -0.2) is 16.1 Å². The summed E-state index contributed by atoms with van der Waals surface area (Å²) in [6.45, 7) is 5.07. The van der Waals surface area contributed by atoms with Crippen molar-refractivity contribution in [2.45, 2.75) is 33.0 Å². The highest BCUT2D eigenvalue weighted by Gasteiger charge is 2.26. The predicted molar refractivity (Wildman–Crippen MR) is 79.3 cm³/mol. The molecule has 2 aromatic heterocycles. The molecule has 0 aromatic carbocycles. The molecule has 2 aromatic rings. The Balaban J connectivity index is 2.22. The fourth-order valence-electron chi connectivity index (χ4n) is 2.34. The van der Waals surface area contributed by atoms with Gasteiger partial charge in [0.1, 0.15) is 9.47 Å². The van der Waals surface area contributed by atoms with Crippen molar-refractivity contribution in [2.24, 2.45) is 5.92 Å². The number of H-pyrrole nitrogens is 2. The maximum Gasteiger partial charge on any atom is 0.176 e. The Labute approximate surface area is 119 Å². The summed E-state index contributed by atoms with van der Waals surface area (Å²) in [6.07, 6.45) is 1.22. The van der Waals surface area contributed by atoms with Gasteiger partial charge < -0.3 is 14.7 Å². The second-order valence-corrected chi connectivity index (χ2v) is 6.84. The largest absolute Gasteiger partial charge is 0.372 e. The number of thiophene rings is 1. The van der Waals surface area contributed by atoms with E-state index in [9.17, 15) is 0 Å². The van der Waals surface area contributed by atoms with Crippen LogP contribution in [0.5, 0.6) is 0 Å². The molecular weight excluding hydrogens is 284 g/mol. The normalized spacial score (nSPS) is 19.4. The molecule has 3 nitrogen and oxygen atoms in total. The Morgan fingerprint density at radius 3 is 2.83 bits per heavy atom. The van der Waals surface area contributed by atoms with Gasteiger partial charge in [-0.3, -0.25) is 0 Å². The van der Waals surface area contributed by atoms with Crippen LogP contribution in [0.25, 0.3) is 10.2 Å². The molecule has 2 N–H and O–H groups in total. The van der Waals surface area contributed by atoms with Crippen LogP contribution in [0.1, 0.15) is 24.3 Å². The lowest BCUT2D eigenvalue weighted by molar-refractivity contribution is 0.00201. The van der Waals surface area contributed by atoms with E-state index in [4.69, 9.17) is 29.2 Å². The first-order valence-electron chi connectivity index (χ1n) is 5.94. The fourth-order valence-corrected chi connectivity index (χ4v) is 4.23. The average Bonchev–Trinajstić information content (AvgIpc) is 2.65. The van der Waals surface area contributed by atoms with Crippen LogP contribution in [0.15, 0.2) is 0 Å². The molecule has 0 spiro atoms. The average molecular weight is 298 g/mol. The number of fused-ring (bicyclic) bond motifs is 3. The zero-order valence-electron chi connectivity index (χ0n) is 10.2. The maximum absolute atomic E-state index is 5.89. The van der Waals surface area contributed by atoms with Gasteiger partial charge in [0.15, 0.2) is 4.77 Å². The predicted octanol–water partition coefficient (Wildman–Crippen LogP) is 4.11. The molecule has 0 aliphatic carbocycles. The third-order valence-electron chi connectivity index (χ3n) is 3.35. The Morgan fingerprint density at radius 2 is 2.11 bits per heavy atom. The van der Waals surface area contributed by atoms with Crippen molar-refractivity contribution in [2.75, 3.05) is 0 Å². The summed E-state index contributed by atoms with van der Waals surface area (Å²) in [6, 6.07) is 0. The zero-order valence-corrected chi connectivity index (χ0v) is 12.7. The highest BCUT2D eigenvalue weighted by atomic mass is 32.1. The number of nitrogens with one attached hydrogen (secondary N) is 2. The fraction of sp³-hybridized carbons (Fsp3) is 0.500. The molecule has 96 valence electrons. The molecule has 0 unspecified atom stereocenters. The molecule has 1 aliphatic heterocycles. The van der Waals surface area contributed by atoms with Crippen LogP contribution < -0.4 is 0 Å². The molecule has 18 heavy (non-hydrogen) atoms. The van der Waals surface area contributed by atoms with E-state index >= 15 is 0 Å². The molecule has 0 fully saturated rings. The topological polar surface area (TPSA) is 40.8 Å². The Bertz CT molecular complexity index is 710. The first kappa shape index (κ1) is 12.5. The van der Waals surface area contributed by atoms with Crippen LogP contribution in [0, 0.1) is 15.3 Å². The van der Waals surface area contributed by atoms with Crippen molar-refractivity contribution in [3.05, 3.63) is 19.9 Å². The van der Waals surface area contributed by atoms with Gasteiger partial charge in [-0.2, -0.15) is 0 Å². The molecule has 0 bridgehead atoms. The molecule has 0 saturated heterocycles. The van der Waals surface area contributed by atoms with E-state index in [1.165, 1.54) is 10.4 Å². The lowest BCUT2D eigenvalue weighted by atomic mass is 9.96. The zero-order chi connectivity index (χ0) is 12.9. The maximum atomic E-state index is 5.89. The lowest BCUT2D eigenvalue weighted by Gasteiger charge is -2.26. The minimum Gasteiger partial charge on any atom is -0.372 e. The molecule has 1 aliphatic rings. The third kappa shape index (κ3) is 1.97. The Kier molecular flexibility index (Phi) is 3.13. The van der Waals surface area contributed by atoms with Gasteiger partial charge in [-0.1, -0.05) is 26.1 Å². The second kappa shape index (κ2) is 4.52. The summed E-state index contributed by atoms with van der Waals surface area (Å²) in [5, 5.41) is 1.13. The van der Waals surface area contributed by atoms with Crippen molar-refractivity contribution in [3.8, 4) is 0 Å². The van der Waals surface area contributed by atoms with Crippen LogP contribution in [0.4, 0.5) is 0 Å². The first-order chi connectivity index (χ1) is 8.56. The molecule has 3 heterocycles. The van der Waals surface area contributed by atoms with Crippen LogP contribution >= 0.6 is 35.8 Å². The van der Waals surface area contributed by atoms with E-state index in [1.807, 2.05) is 0 Å². The molecule has 0 radical (unpaired) electrons. The van der Waals surface area contributed by atoms with E-state index in [2.05, 4.69) is 23.8 Å². The third-order valence-corrected chi connectivity index (χ3v) is 4.98. The van der Waals surface area contributed by atoms with Crippen LogP contribution in [0.3, 0.4) is 0 Å². The number of aromatic nitrogens is 2. The lowest BCUT2D eigenvalue weighted by Crippen LogP contribution is -2.26. The molecule has 6 heteroatoms. The molecule has 1 atom stereocenters. The second-order valence-electron chi connectivity index (χ2n) is 4.91. The Hall–Kier alpha value is -0.560. The molecule has 3 rings (SSSR count). The summed E-state index contributed by atoms with van der Waals surface area (Å²) < 4.78 is 7.23. The minimum atomic E-state index is 0.285. The highest BCUT2D eigenvalue weighted by Crippen LogP contribution is 2.36. The van der Waals surface area contributed by atoms with Gasteiger partial charge in [-0.25, -0.2) is 0 Å². The number of rotatable bonds is 1. The number of hydrogen-bond acceptors (Lipinski definition) is 4. The SMILES string of the molecule is CC(C)[C@@H]1Cc2c(sc3[nH]c(=S)[nH]c(=S)c23)CO1. The number of ether oxygens (including phenoxy) is 1. The van der Waals surface area contributed by atoms with Gasteiger partial charge in [0.05, 0.1) is 12.7 Å². The summed E-state index contributed by atoms with van der Waals surface area (Å²) in [5.41, 5.74) is 1.34.